The number of hydrogen-bond acceptors (Lipinski definition) is 1. The highest BCUT2D eigenvalue weighted by Gasteiger charge is 2.54. The molecule has 0 N–H and O–H groups in total. The molecule has 0 amide bonds. The number of hydrogen-bond donors (Lipinski definition) is 0. The van der Waals surface area contributed by atoms with Crippen LogP contribution in [0.3, 0.4) is 0 Å². The van der Waals surface area contributed by atoms with Gasteiger partial charge in [0.2, 0.25) is 0 Å². The van der Waals surface area contributed by atoms with Crippen molar-refractivity contribution in [1.29, 1.82) is 0 Å². The number of furan rings is 1. The highest BCUT2D eigenvalue weighted by Crippen LogP contribution is 2.59. The van der Waals surface area contributed by atoms with Gasteiger partial charge in [0.25, 0.3) is 0 Å². The number of rotatable bonds is 3. The van der Waals surface area contributed by atoms with Crippen molar-refractivity contribution in [1.82, 2.24) is 9.13 Å². The predicted octanol–water partition coefficient (Wildman–Crippen LogP) is 14.9. The van der Waals surface area contributed by atoms with Crippen LogP contribution in [-0.2, 0) is 5.41 Å². The maximum absolute atomic E-state index is 6.20. The van der Waals surface area contributed by atoms with E-state index in [4.69, 9.17) is 4.42 Å². The average molecular weight is 871 g/mol. The summed E-state index contributed by atoms with van der Waals surface area (Å²) < 4.78 is 11.2. The Bertz CT molecular complexity index is 4220. The topological polar surface area (TPSA) is 23.0 Å². The van der Waals surface area contributed by atoms with Gasteiger partial charge in [0.1, 0.15) is 19.2 Å². The van der Waals surface area contributed by atoms with E-state index in [1.54, 1.807) is 0 Å². The molecule has 0 atom stereocenters. The molecule has 1 spiro atoms. The second-order valence-corrected chi connectivity index (χ2v) is 23.5. The number of fused-ring (bicyclic) bond motifs is 18. The molecule has 1 aliphatic heterocycles. The third-order valence-corrected chi connectivity index (χ3v) is 19.2. The fraction of sp³-hybridized carbons (Fsp3) is 0.0476. The fourth-order valence-electron chi connectivity index (χ4n) is 12.8. The van der Waals surface area contributed by atoms with E-state index in [0.29, 0.717) is 0 Å². The van der Waals surface area contributed by atoms with Crippen molar-refractivity contribution in [2.75, 3.05) is 0 Å². The van der Waals surface area contributed by atoms with E-state index in [9.17, 15) is 0 Å². The van der Waals surface area contributed by atoms with Crippen molar-refractivity contribution in [3.05, 3.63) is 241 Å². The Kier molecular flexibility index (Phi) is 7.32. The summed E-state index contributed by atoms with van der Waals surface area (Å²) in [5.41, 5.74) is 19.0. The van der Waals surface area contributed by atoms with Crippen molar-refractivity contribution in [2.24, 2.45) is 0 Å². The zero-order valence-electron chi connectivity index (χ0n) is 37.1. The minimum Gasteiger partial charge on any atom is -0.456 e. The van der Waals surface area contributed by atoms with Crippen molar-refractivity contribution in [2.45, 2.75) is 18.5 Å². The minimum absolute atomic E-state index is 0.443. The third kappa shape index (κ3) is 4.75. The van der Waals surface area contributed by atoms with Crippen LogP contribution in [0.4, 0.5) is 0 Å². The second kappa shape index (κ2) is 13.2. The van der Waals surface area contributed by atoms with Crippen LogP contribution in [-0.4, -0.2) is 17.2 Å². The normalized spacial score (nSPS) is 14.4. The zero-order valence-corrected chi connectivity index (χ0v) is 38.1. The molecule has 0 radical (unpaired) electrons. The molecule has 13 aromatic rings. The Morgan fingerprint density at radius 3 is 1.70 bits per heavy atom. The molecule has 67 heavy (non-hydrogen) atoms. The van der Waals surface area contributed by atoms with Gasteiger partial charge in [0.05, 0.1) is 33.2 Å². The summed E-state index contributed by atoms with van der Waals surface area (Å²) in [6.45, 7) is 5.06. The van der Waals surface area contributed by atoms with Gasteiger partial charge >= 0.3 is 0 Å². The first-order chi connectivity index (χ1) is 33.0. The number of aromatic nitrogens is 2. The van der Waals surface area contributed by atoms with Crippen LogP contribution in [0.25, 0.3) is 99.2 Å². The Morgan fingerprint density at radius 2 is 0.925 bits per heavy atom. The molecule has 4 heteroatoms. The highest BCUT2D eigenvalue weighted by atomic mass is 28.3. The first-order valence-electron chi connectivity index (χ1n) is 23.4. The van der Waals surface area contributed by atoms with Gasteiger partial charge in [-0.05, 0) is 110 Å². The molecule has 3 nitrogen and oxygen atoms in total. The molecule has 15 rings (SSSR count). The first kappa shape index (κ1) is 37.1. The molecule has 0 saturated heterocycles. The van der Waals surface area contributed by atoms with Crippen molar-refractivity contribution < 1.29 is 4.42 Å². The number of benzene rings is 10. The maximum atomic E-state index is 6.20. The van der Waals surface area contributed by atoms with Crippen LogP contribution in [0.2, 0.25) is 13.1 Å². The lowest BCUT2D eigenvalue weighted by atomic mass is 9.67. The second-order valence-electron chi connectivity index (χ2n) is 19.2. The standard InChI is InChI=1S/C63H42N2OSi/c1-67(2)60-28-13-8-21-50(60)63(51-22-9-14-29-61(51)67)49-20-7-3-19-46(49)62-52(63)23-15-26-56(62)65-54-25-11-4-16-42(54)44-33-32-41(38-57(44)65)64-53-24-10-5-17-43(53)47-36-39(30-34-55(47)64)40-31-35-59-48(37-40)45-18-6-12-27-58(45)66-59/h3-38H,1-2H3. The largest absolute Gasteiger partial charge is 0.456 e. The molecule has 0 unspecified atom stereocenters. The molecule has 0 bridgehead atoms. The van der Waals surface area contributed by atoms with Gasteiger partial charge < -0.3 is 13.6 Å². The maximum Gasteiger partial charge on any atom is 0.135 e. The van der Waals surface area contributed by atoms with Gasteiger partial charge in [-0.15, -0.1) is 0 Å². The molecule has 3 aromatic heterocycles. The molecule has 314 valence electrons. The fourth-order valence-corrected chi connectivity index (χ4v) is 16.0. The zero-order chi connectivity index (χ0) is 44.2. The van der Waals surface area contributed by atoms with Crippen LogP contribution in [0, 0.1) is 0 Å². The Balaban J connectivity index is 0.972. The molecule has 2 aliphatic rings. The van der Waals surface area contributed by atoms with Gasteiger partial charge in [-0.2, -0.15) is 0 Å². The van der Waals surface area contributed by atoms with Crippen LogP contribution < -0.4 is 10.4 Å². The summed E-state index contributed by atoms with van der Waals surface area (Å²) in [5, 5.41) is 10.3. The molecule has 0 saturated carbocycles. The average Bonchev–Trinajstić information content (AvgIpc) is 4.11. The Morgan fingerprint density at radius 1 is 0.373 bits per heavy atom. The summed E-state index contributed by atoms with van der Waals surface area (Å²) in [5.74, 6) is 0. The lowest BCUT2D eigenvalue weighted by Gasteiger charge is -2.45. The lowest BCUT2D eigenvalue weighted by molar-refractivity contribution is 0.669. The van der Waals surface area contributed by atoms with Crippen LogP contribution in [0.1, 0.15) is 22.3 Å². The van der Waals surface area contributed by atoms with Crippen LogP contribution in [0.15, 0.2) is 223 Å². The van der Waals surface area contributed by atoms with Gasteiger partial charge in [0, 0.05) is 43.6 Å². The lowest BCUT2D eigenvalue weighted by Crippen LogP contribution is -2.63. The van der Waals surface area contributed by atoms with Crippen molar-refractivity contribution in [3.63, 3.8) is 0 Å². The van der Waals surface area contributed by atoms with Crippen LogP contribution in [0.5, 0.6) is 0 Å². The van der Waals surface area contributed by atoms with E-state index in [0.717, 1.165) is 27.6 Å². The van der Waals surface area contributed by atoms with Crippen LogP contribution >= 0.6 is 0 Å². The van der Waals surface area contributed by atoms with E-state index in [-0.39, 0.29) is 0 Å². The third-order valence-electron chi connectivity index (χ3n) is 15.6. The summed E-state index contributed by atoms with van der Waals surface area (Å²) in [6.07, 6.45) is 0. The Labute approximate surface area is 388 Å². The summed E-state index contributed by atoms with van der Waals surface area (Å²) in [4.78, 5) is 0. The monoisotopic (exact) mass is 870 g/mol. The van der Waals surface area contributed by atoms with Crippen molar-refractivity contribution in [3.8, 4) is 33.6 Å². The summed E-state index contributed by atoms with van der Waals surface area (Å²) >= 11 is 0. The van der Waals surface area contributed by atoms with E-state index in [2.05, 4.69) is 228 Å². The number of nitrogens with zero attached hydrogens (tertiary/aromatic N) is 2. The molecule has 4 heterocycles. The van der Waals surface area contributed by atoms with Gasteiger partial charge in [0.15, 0.2) is 0 Å². The van der Waals surface area contributed by atoms with Gasteiger partial charge in [-0.3, -0.25) is 0 Å². The highest BCUT2D eigenvalue weighted by molar-refractivity contribution is 7.01. The smallest absolute Gasteiger partial charge is 0.135 e. The Hall–Kier alpha value is -8.18. The van der Waals surface area contributed by atoms with E-state index >= 15 is 0 Å². The van der Waals surface area contributed by atoms with E-state index in [1.165, 1.54) is 104 Å². The molecular formula is C63H42N2OSi. The molecule has 1 aliphatic carbocycles. The molecular weight excluding hydrogens is 829 g/mol. The van der Waals surface area contributed by atoms with E-state index < -0.39 is 13.5 Å². The quantitative estimate of drug-likeness (QED) is 0.162. The molecule has 0 fully saturated rings. The number of para-hydroxylation sites is 3. The summed E-state index contributed by atoms with van der Waals surface area (Å²) in [6, 6.07) is 81.9. The summed E-state index contributed by atoms with van der Waals surface area (Å²) in [7, 11) is -2.03. The minimum atomic E-state index is -2.03. The van der Waals surface area contributed by atoms with Gasteiger partial charge in [-0.25, -0.2) is 0 Å². The van der Waals surface area contributed by atoms with E-state index in [1.807, 2.05) is 12.1 Å². The predicted molar refractivity (Wildman–Crippen MR) is 282 cm³/mol. The van der Waals surface area contributed by atoms with Crippen molar-refractivity contribution >= 4 is 84.0 Å². The molecule has 10 aromatic carbocycles. The SMILES string of the molecule is C[Si]1(C)c2ccccc2C2(c3ccccc3-c3c(-n4c5ccccc5c5ccc(-n6c7ccccc7c7cc(-c8ccc9oc%10ccccc%10c9c8)ccc76)cc54)cccc32)c2ccccc21. The first-order valence-corrected chi connectivity index (χ1v) is 26.4. The van der Waals surface area contributed by atoms with Gasteiger partial charge in [-0.1, -0.05) is 171 Å².